The summed E-state index contributed by atoms with van der Waals surface area (Å²) < 4.78 is 0. The molecule has 92 valence electrons. The van der Waals surface area contributed by atoms with Gasteiger partial charge < -0.3 is 15.7 Å². The van der Waals surface area contributed by atoms with Crippen molar-refractivity contribution in [2.45, 2.75) is 5.16 Å². The topological polar surface area (TPSA) is 104 Å². The zero-order valence-electron chi connectivity index (χ0n) is 9.14. The van der Waals surface area contributed by atoms with Gasteiger partial charge in [0.05, 0.1) is 5.56 Å². The lowest BCUT2D eigenvalue weighted by molar-refractivity contribution is 0.112. The lowest BCUT2D eigenvalue weighted by Gasteiger charge is -2.08. The summed E-state index contributed by atoms with van der Waals surface area (Å²) in [7, 11) is 0. The summed E-state index contributed by atoms with van der Waals surface area (Å²) in [6.45, 7) is 0.574. The largest absolute Gasteiger partial charge is 0.465 e. The Hall–Kier alpha value is -1.83. The van der Waals surface area contributed by atoms with E-state index in [0.717, 1.165) is 0 Å². The number of thioether (sulfide) groups is 1. The predicted octanol–water partition coefficient (Wildman–Crippen LogP) is 0.690. The van der Waals surface area contributed by atoms with Gasteiger partial charge in [-0.3, -0.25) is 4.79 Å². The van der Waals surface area contributed by atoms with Crippen LogP contribution in [0.2, 0.25) is 0 Å². The van der Waals surface area contributed by atoms with Crippen LogP contribution in [0, 0.1) is 0 Å². The van der Waals surface area contributed by atoms with Gasteiger partial charge in [0, 0.05) is 19.3 Å². The van der Waals surface area contributed by atoms with Gasteiger partial charge in [-0.2, -0.15) is 0 Å². The molecule has 7 nitrogen and oxygen atoms in total. The molecular formula is C9H12N4O3S. The van der Waals surface area contributed by atoms with Gasteiger partial charge in [0.1, 0.15) is 5.82 Å². The molecule has 0 fully saturated rings. The van der Waals surface area contributed by atoms with Crippen LogP contribution in [0.4, 0.5) is 10.6 Å². The Kier molecular flexibility index (Phi) is 5.21. The molecule has 1 aromatic rings. The van der Waals surface area contributed by atoms with Crippen molar-refractivity contribution in [1.29, 1.82) is 0 Å². The first-order valence-corrected chi connectivity index (χ1v) is 5.96. The molecule has 8 heteroatoms. The number of hydrogen-bond donors (Lipinski definition) is 3. The molecule has 1 aromatic heterocycles. The molecule has 0 aliphatic heterocycles. The van der Waals surface area contributed by atoms with Gasteiger partial charge in [-0.05, 0) is 6.26 Å². The average Bonchev–Trinajstić information content (AvgIpc) is 2.34. The second-order valence-corrected chi connectivity index (χ2v) is 3.71. The van der Waals surface area contributed by atoms with E-state index in [1.54, 1.807) is 0 Å². The summed E-state index contributed by atoms with van der Waals surface area (Å²) in [5.74, 6) is 0.409. The second-order valence-electron chi connectivity index (χ2n) is 2.94. The molecule has 0 aliphatic rings. The van der Waals surface area contributed by atoms with Crippen LogP contribution < -0.4 is 10.6 Å². The van der Waals surface area contributed by atoms with Crippen molar-refractivity contribution in [3.05, 3.63) is 11.8 Å². The Bertz CT molecular complexity index is 413. The highest BCUT2D eigenvalue weighted by molar-refractivity contribution is 7.98. The minimum absolute atomic E-state index is 0.228. The number of carboxylic acid groups (broad SMARTS) is 1. The Morgan fingerprint density at radius 3 is 2.94 bits per heavy atom. The van der Waals surface area contributed by atoms with Crippen molar-refractivity contribution >= 4 is 30.0 Å². The summed E-state index contributed by atoms with van der Waals surface area (Å²) in [5, 5.41) is 14.0. The fraction of sp³-hybridized carbons (Fsp3) is 0.333. The molecule has 1 rings (SSSR count). The predicted molar refractivity (Wildman–Crippen MR) is 63.7 cm³/mol. The summed E-state index contributed by atoms with van der Waals surface area (Å²) in [6, 6.07) is 0. The summed E-state index contributed by atoms with van der Waals surface area (Å²) in [4.78, 5) is 29.0. The summed E-state index contributed by atoms with van der Waals surface area (Å²) >= 11 is 1.36. The maximum atomic E-state index is 10.7. The van der Waals surface area contributed by atoms with Crippen molar-refractivity contribution in [3.63, 3.8) is 0 Å². The highest BCUT2D eigenvalue weighted by atomic mass is 32.2. The molecule has 0 spiro atoms. The molecule has 3 N–H and O–H groups in total. The molecule has 0 saturated heterocycles. The number of amides is 1. The number of carbonyl (C=O) groups is 2. The van der Waals surface area contributed by atoms with E-state index < -0.39 is 6.09 Å². The van der Waals surface area contributed by atoms with Gasteiger partial charge in [-0.25, -0.2) is 14.8 Å². The molecule has 0 atom stereocenters. The van der Waals surface area contributed by atoms with Gasteiger partial charge in [0.15, 0.2) is 11.4 Å². The third-order valence-electron chi connectivity index (χ3n) is 1.80. The number of aldehydes is 1. The van der Waals surface area contributed by atoms with E-state index >= 15 is 0 Å². The van der Waals surface area contributed by atoms with Crippen molar-refractivity contribution in [2.24, 2.45) is 0 Å². The van der Waals surface area contributed by atoms with Crippen LogP contribution >= 0.6 is 11.8 Å². The quantitative estimate of drug-likeness (QED) is 0.298. The molecule has 1 amide bonds. The maximum absolute atomic E-state index is 10.7. The third kappa shape index (κ3) is 4.27. The molecule has 17 heavy (non-hydrogen) atoms. The van der Waals surface area contributed by atoms with Gasteiger partial charge in [0.2, 0.25) is 0 Å². The molecular weight excluding hydrogens is 244 g/mol. The number of hydrogen-bond acceptors (Lipinski definition) is 6. The molecule has 0 saturated carbocycles. The van der Waals surface area contributed by atoms with E-state index in [2.05, 4.69) is 20.6 Å². The minimum atomic E-state index is -1.09. The molecule has 0 aromatic carbocycles. The number of nitrogens with zero attached hydrogens (tertiary/aromatic N) is 2. The van der Waals surface area contributed by atoms with E-state index in [-0.39, 0.29) is 6.54 Å². The van der Waals surface area contributed by atoms with Crippen LogP contribution in [0.3, 0.4) is 0 Å². The molecule has 0 bridgehead atoms. The highest BCUT2D eigenvalue weighted by Gasteiger charge is 2.05. The third-order valence-corrected chi connectivity index (χ3v) is 2.36. The van der Waals surface area contributed by atoms with E-state index in [0.29, 0.717) is 29.4 Å². The molecule has 0 radical (unpaired) electrons. The van der Waals surface area contributed by atoms with Crippen LogP contribution in [0.15, 0.2) is 11.4 Å². The first-order valence-electron chi connectivity index (χ1n) is 4.74. The summed E-state index contributed by atoms with van der Waals surface area (Å²) in [6.07, 6.45) is 2.82. The zero-order chi connectivity index (χ0) is 12.7. The Balaban J connectivity index is 2.61. The van der Waals surface area contributed by atoms with E-state index in [4.69, 9.17) is 5.11 Å². The standard InChI is InChI=1S/C9H12N4O3S/c1-17-8-12-4-6(5-14)7(13-8)10-2-3-11-9(15)16/h4-5,11H,2-3H2,1H3,(H,15,16)(H,10,12,13). The second kappa shape index (κ2) is 6.69. The van der Waals surface area contributed by atoms with Gasteiger partial charge in [0.25, 0.3) is 0 Å². The Morgan fingerprint density at radius 1 is 1.59 bits per heavy atom. The van der Waals surface area contributed by atoms with Crippen molar-refractivity contribution in [2.75, 3.05) is 24.7 Å². The highest BCUT2D eigenvalue weighted by Crippen LogP contribution is 2.14. The smallest absolute Gasteiger partial charge is 0.404 e. The normalized spacial score (nSPS) is 9.71. The number of rotatable bonds is 6. The molecule has 1 heterocycles. The van der Waals surface area contributed by atoms with Crippen molar-refractivity contribution < 1.29 is 14.7 Å². The number of nitrogens with one attached hydrogen (secondary N) is 2. The SMILES string of the molecule is CSc1ncc(C=O)c(NCCNC(=O)O)n1. The van der Waals surface area contributed by atoms with Crippen molar-refractivity contribution in [3.8, 4) is 0 Å². The monoisotopic (exact) mass is 256 g/mol. The number of aromatic nitrogens is 2. The Morgan fingerprint density at radius 2 is 2.35 bits per heavy atom. The lowest BCUT2D eigenvalue weighted by Crippen LogP contribution is -2.27. The zero-order valence-corrected chi connectivity index (χ0v) is 9.95. The maximum Gasteiger partial charge on any atom is 0.404 e. The van der Waals surface area contributed by atoms with Gasteiger partial charge in [-0.15, -0.1) is 0 Å². The van der Waals surface area contributed by atoms with Crippen LogP contribution in [0.25, 0.3) is 0 Å². The van der Waals surface area contributed by atoms with Crippen LogP contribution in [0.1, 0.15) is 10.4 Å². The summed E-state index contributed by atoms with van der Waals surface area (Å²) in [5.41, 5.74) is 0.345. The average molecular weight is 256 g/mol. The Labute approximate surface area is 102 Å². The van der Waals surface area contributed by atoms with E-state index in [9.17, 15) is 9.59 Å². The van der Waals surface area contributed by atoms with Crippen LogP contribution in [-0.2, 0) is 0 Å². The van der Waals surface area contributed by atoms with Gasteiger partial charge in [-0.1, -0.05) is 11.8 Å². The van der Waals surface area contributed by atoms with Crippen molar-refractivity contribution in [1.82, 2.24) is 15.3 Å². The lowest BCUT2D eigenvalue weighted by atomic mass is 10.3. The van der Waals surface area contributed by atoms with E-state index in [1.807, 2.05) is 6.26 Å². The number of carbonyl (C=O) groups excluding carboxylic acids is 1. The van der Waals surface area contributed by atoms with Gasteiger partial charge >= 0.3 is 6.09 Å². The number of anilines is 1. The minimum Gasteiger partial charge on any atom is -0.465 e. The fourth-order valence-electron chi connectivity index (χ4n) is 1.05. The molecule has 0 unspecified atom stereocenters. The van der Waals surface area contributed by atoms with E-state index in [1.165, 1.54) is 18.0 Å². The fourth-order valence-corrected chi connectivity index (χ4v) is 1.39. The van der Waals surface area contributed by atoms with Crippen LogP contribution in [0.5, 0.6) is 0 Å². The first-order chi connectivity index (χ1) is 8.17. The van der Waals surface area contributed by atoms with Crippen LogP contribution in [-0.4, -0.2) is 46.8 Å². The molecule has 0 aliphatic carbocycles. The first kappa shape index (κ1) is 13.2.